The molecule has 0 N–H and O–H groups in total. The van der Waals surface area contributed by atoms with Gasteiger partial charge in [0, 0.05) is 25.3 Å². The number of morpholine rings is 1. The lowest BCUT2D eigenvalue weighted by Crippen LogP contribution is -2.46. The zero-order chi connectivity index (χ0) is 16.3. The van der Waals surface area contributed by atoms with Gasteiger partial charge in [-0.2, -0.15) is 8.78 Å². The number of alkyl halides is 2. The van der Waals surface area contributed by atoms with Crippen molar-refractivity contribution in [3.63, 3.8) is 0 Å². The fourth-order valence-electron chi connectivity index (χ4n) is 2.42. The van der Waals surface area contributed by atoms with Crippen LogP contribution in [0.2, 0.25) is 0 Å². The highest BCUT2D eigenvalue weighted by Crippen LogP contribution is 2.23. The van der Waals surface area contributed by atoms with E-state index in [2.05, 4.69) is 4.90 Å². The third kappa shape index (κ3) is 3.93. The van der Waals surface area contributed by atoms with Crippen molar-refractivity contribution >= 4 is 15.5 Å². The molecule has 0 radical (unpaired) electrons. The molecule has 0 spiro atoms. The van der Waals surface area contributed by atoms with Crippen LogP contribution in [-0.4, -0.2) is 65.5 Å². The molecule has 0 bridgehead atoms. The Kier molecular flexibility index (Phi) is 5.36. The van der Waals surface area contributed by atoms with Crippen molar-refractivity contribution < 1.29 is 21.9 Å². The van der Waals surface area contributed by atoms with Crippen LogP contribution in [0.4, 0.5) is 14.5 Å². The zero-order valence-electron chi connectivity index (χ0n) is 12.6. The zero-order valence-corrected chi connectivity index (χ0v) is 13.4. The van der Waals surface area contributed by atoms with Crippen LogP contribution in [0.1, 0.15) is 0 Å². The van der Waals surface area contributed by atoms with Gasteiger partial charge in [0.2, 0.25) is 9.84 Å². The van der Waals surface area contributed by atoms with Crippen LogP contribution < -0.4 is 4.90 Å². The minimum Gasteiger partial charge on any atom is -0.373 e. The highest BCUT2D eigenvalue weighted by molar-refractivity contribution is 7.91. The second kappa shape index (κ2) is 6.89. The van der Waals surface area contributed by atoms with E-state index in [1.54, 1.807) is 12.1 Å². The second-order valence-electron chi connectivity index (χ2n) is 5.50. The number of hydrogen-bond acceptors (Lipinski definition) is 5. The monoisotopic (exact) mass is 334 g/mol. The summed E-state index contributed by atoms with van der Waals surface area (Å²) in [6, 6.07) is 5.58. The van der Waals surface area contributed by atoms with Crippen molar-refractivity contribution in [2.24, 2.45) is 0 Å². The Morgan fingerprint density at radius 2 is 1.95 bits per heavy atom. The standard InChI is InChI=1S/C14H20F2N2O3S/c1-17(2)9-12-10-18(7-8-21-12)11-3-5-13(6-4-11)22(19,20)14(15)16/h3-6,12,14H,7-10H2,1-2H3. The first-order valence-electron chi connectivity index (χ1n) is 6.94. The summed E-state index contributed by atoms with van der Waals surface area (Å²) in [6.07, 6.45) is 0.0632. The van der Waals surface area contributed by atoms with Gasteiger partial charge in [0.15, 0.2) is 0 Å². The molecule has 124 valence electrons. The van der Waals surface area contributed by atoms with Crippen molar-refractivity contribution in [2.75, 3.05) is 45.2 Å². The quantitative estimate of drug-likeness (QED) is 0.816. The normalized spacial score (nSPS) is 19.9. The predicted octanol–water partition coefficient (Wildman–Crippen LogP) is 1.45. The Morgan fingerprint density at radius 1 is 1.32 bits per heavy atom. The molecule has 1 aliphatic rings. The second-order valence-corrected chi connectivity index (χ2v) is 7.42. The third-order valence-electron chi connectivity index (χ3n) is 3.47. The molecule has 0 amide bonds. The lowest BCUT2D eigenvalue weighted by atomic mass is 10.2. The van der Waals surface area contributed by atoms with E-state index in [1.165, 1.54) is 12.1 Å². The molecule has 0 aromatic heterocycles. The maximum absolute atomic E-state index is 12.5. The number of hydrogen-bond donors (Lipinski definition) is 0. The molecule has 5 nitrogen and oxygen atoms in total. The topological polar surface area (TPSA) is 49.9 Å². The average molecular weight is 334 g/mol. The van der Waals surface area contributed by atoms with E-state index in [1.807, 2.05) is 19.0 Å². The molecule has 1 aliphatic heterocycles. The van der Waals surface area contributed by atoms with Gasteiger partial charge in [0.1, 0.15) is 0 Å². The van der Waals surface area contributed by atoms with E-state index in [0.29, 0.717) is 19.7 Å². The van der Waals surface area contributed by atoms with E-state index >= 15 is 0 Å². The number of benzene rings is 1. The number of sulfone groups is 1. The van der Waals surface area contributed by atoms with E-state index in [-0.39, 0.29) is 11.0 Å². The van der Waals surface area contributed by atoms with E-state index in [0.717, 1.165) is 12.2 Å². The lowest BCUT2D eigenvalue weighted by molar-refractivity contribution is 0.0248. The van der Waals surface area contributed by atoms with Crippen molar-refractivity contribution in [3.8, 4) is 0 Å². The average Bonchev–Trinajstić information content (AvgIpc) is 2.47. The lowest BCUT2D eigenvalue weighted by Gasteiger charge is -2.35. The molecule has 1 aromatic rings. The molecule has 22 heavy (non-hydrogen) atoms. The first-order valence-corrected chi connectivity index (χ1v) is 8.48. The predicted molar refractivity (Wildman–Crippen MR) is 80.1 cm³/mol. The fourth-order valence-corrected chi connectivity index (χ4v) is 3.14. The first kappa shape index (κ1) is 17.1. The van der Waals surface area contributed by atoms with Crippen LogP contribution >= 0.6 is 0 Å². The maximum atomic E-state index is 12.5. The molecular weight excluding hydrogens is 314 g/mol. The molecule has 0 saturated carbocycles. The number of rotatable bonds is 5. The van der Waals surface area contributed by atoms with Gasteiger partial charge in [-0.1, -0.05) is 0 Å². The SMILES string of the molecule is CN(C)CC1CN(c2ccc(S(=O)(=O)C(F)F)cc2)CCO1. The summed E-state index contributed by atoms with van der Waals surface area (Å²) < 4.78 is 53.5. The molecule has 1 aromatic carbocycles. The van der Waals surface area contributed by atoms with Crippen LogP contribution in [0.15, 0.2) is 29.2 Å². The number of anilines is 1. The molecule has 0 aliphatic carbocycles. The maximum Gasteiger partial charge on any atom is 0.341 e. The van der Waals surface area contributed by atoms with Crippen LogP contribution in [0.5, 0.6) is 0 Å². The minimum atomic E-state index is -4.53. The largest absolute Gasteiger partial charge is 0.373 e. The van der Waals surface area contributed by atoms with Gasteiger partial charge in [-0.05, 0) is 38.4 Å². The van der Waals surface area contributed by atoms with E-state index in [4.69, 9.17) is 4.74 Å². The summed E-state index contributed by atoms with van der Waals surface area (Å²) in [4.78, 5) is 3.74. The highest BCUT2D eigenvalue weighted by atomic mass is 32.2. The summed E-state index contributed by atoms with van der Waals surface area (Å²) in [6.45, 7) is 2.73. The van der Waals surface area contributed by atoms with Gasteiger partial charge in [-0.25, -0.2) is 8.42 Å². The Hall–Kier alpha value is -1.25. The molecular formula is C14H20F2N2O3S. The third-order valence-corrected chi connectivity index (χ3v) is 4.87. The van der Waals surface area contributed by atoms with Crippen LogP contribution in [0, 0.1) is 0 Å². The number of likely N-dealkylation sites (N-methyl/N-ethyl adjacent to an activating group) is 1. The molecule has 2 rings (SSSR count). The van der Waals surface area contributed by atoms with Gasteiger partial charge in [0.25, 0.3) is 0 Å². The van der Waals surface area contributed by atoms with Crippen molar-refractivity contribution in [2.45, 2.75) is 16.8 Å². The Balaban J connectivity index is 2.10. The number of ether oxygens (including phenoxy) is 1. The van der Waals surface area contributed by atoms with E-state index < -0.39 is 15.6 Å². The highest BCUT2D eigenvalue weighted by Gasteiger charge is 2.27. The summed E-state index contributed by atoms with van der Waals surface area (Å²) in [5.41, 5.74) is 0.806. The summed E-state index contributed by atoms with van der Waals surface area (Å²) in [5.74, 6) is -3.40. The van der Waals surface area contributed by atoms with Gasteiger partial charge in [0.05, 0.1) is 17.6 Å². The first-order chi connectivity index (χ1) is 10.3. The molecule has 1 heterocycles. The van der Waals surface area contributed by atoms with Gasteiger partial charge in [-0.15, -0.1) is 0 Å². The minimum absolute atomic E-state index is 0.0632. The Labute approximate surface area is 129 Å². The van der Waals surface area contributed by atoms with Crippen molar-refractivity contribution in [3.05, 3.63) is 24.3 Å². The summed E-state index contributed by atoms with van der Waals surface area (Å²) >= 11 is 0. The van der Waals surface area contributed by atoms with Crippen LogP contribution in [0.3, 0.4) is 0 Å². The molecule has 1 saturated heterocycles. The van der Waals surface area contributed by atoms with Gasteiger partial charge in [-0.3, -0.25) is 0 Å². The summed E-state index contributed by atoms with van der Waals surface area (Å²) in [5, 5.41) is 0. The fraction of sp³-hybridized carbons (Fsp3) is 0.571. The number of nitrogens with zero attached hydrogens (tertiary/aromatic N) is 2. The Bertz CT molecular complexity index is 591. The molecule has 1 unspecified atom stereocenters. The van der Waals surface area contributed by atoms with Crippen molar-refractivity contribution in [1.29, 1.82) is 0 Å². The number of halogens is 2. The van der Waals surface area contributed by atoms with Crippen LogP contribution in [-0.2, 0) is 14.6 Å². The molecule has 8 heteroatoms. The van der Waals surface area contributed by atoms with Gasteiger partial charge < -0.3 is 14.5 Å². The van der Waals surface area contributed by atoms with Crippen LogP contribution in [0.25, 0.3) is 0 Å². The van der Waals surface area contributed by atoms with Gasteiger partial charge >= 0.3 is 5.76 Å². The smallest absolute Gasteiger partial charge is 0.341 e. The molecule has 1 fully saturated rings. The summed E-state index contributed by atoms with van der Waals surface area (Å²) in [7, 11) is -0.605. The Morgan fingerprint density at radius 3 is 2.50 bits per heavy atom. The van der Waals surface area contributed by atoms with E-state index in [9.17, 15) is 17.2 Å². The van der Waals surface area contributed by atoms with Crippen molar-refractivity contribution in [1.82, 2.24) is 4.90 Å². The molecule has 1 atom stereocenters.